The minimum atomic E-state index is -3.58. The van der Waals surface area contributed by atoms with Crippen LogP contribution in [-0.2, 0) is 28.8 Å². The molecule has 1 saturated carbocycles. The zero-order valence-corrected chi connectivity index (χ0v) is 30.4. The van der Waals surface area contributed by atoms with Gasteiger partial charge in [-0.15, -0.1) is 0 Å². The summed E-state index contributed by atoms with van der Waals surface area (Å²) in [6.45, 7) is 6.09. The van der Waals surface area contributed by atoms with Crippen molar-refractivity contribution in [2.24, 2.45) is 24.8 Å². The summed E-state index contributed by atoms with van der Waals surface area (Å²) in [7, 11) is 1.80. The van der Waals surface area contributed by atoms with Crippen LogP contribution < -0.4 is 10.2 Å². The van der Waals surface area contributed by atoms with Crippen LogP contribution in [0, 0.1) is 17.8 Å². The summed E-state index contributed by atoms with van der Waals surface area (Å²) < 4.78 is 29.9. The molecule has 2 saturated heterocycles. The van der Waals surface area contributed by atoms with Crippen molar-refractivity contribution >= 4 is 21.6 Å². The minimum absolute atomic E-state index is 0.0000934. The number of nitrogens with zero attached hydrogens (tertiary/aromatic N) is 6. The maximum Gasteiger partial charge on any atom is 0.317 e. The molecule has 1 N–H and O–H groups in total. The molecule has 1 aliphatic carbocycles. The van der Waals surface area contributed by atoms with E-state index in [0.29, 0.717) is 22.6 Å². The summed E-state index contributed by atoms with van der Waals surface area (Å²) in [4.78, 5) is 20.1. The smallest absolute Gasteiger partial charge is 0.317 e. The zero-order valence-electron chi connectivity index (χ0n) is 29.6. The van der Waals surface area contributed by atoms with Gasteiger partial charge in [-0.1, -0.05) is 36.8 Å². The molecule has 3 fully saturated rings. The predicted molar refractivity (Wildman–Crippen MR) is 196 cm³/mol. The quantitative estimate of drug-likeness (QED) is 0.229. The molecule has 0 spiro atoms. The Balaban J connectivity index is 1.02. The SMILES string of the molecule is CN(C)C(=O)N[C@H]1CCC[C@@H]1C(Cn1cccc1)(c1ccccc1)C1CCN(CC2CN(c3ccc(S(=O)(=O)c4cnn(C)c4)cc3)C2)CC1. The fraction of sp³-hybridized carbons (Fsp3) is 0.487. The topological polar surface area (TPSA) is 95.7 Å². The Hall–Kier alpha value is -4.09. The van der Waals surface area contributed by atoms with Crippen LogP contribution in [0.3, 0.4) is 0 Å². The number of urea groups is 1. The molecule has 4 aromatic rings. The van der Waals surface area contributed by atoms with Gasteiger partial charge in [0.25, 0.3) is 0 Å². The molecule has 10 nitrogen and oxygen atoms in total. The largest absolute Gasteiger partial charge is 0.371 e. The number of rotatable bonds is 11. The van der Waals surface area contributed by atoms with Gasteiger partial charge in [-0.3, -0.25) is 4.68 Å². The number of aryl methyl sites for hydroxylation is 1. The number of hydrogen-bond donors (Lipinski definition) is 1. The Labute approximate surface area is 297 Å². The number of piperidine rings is 1. The minimum Gasteiger partial charge on any atom is -0.371 e. The van der Waals surface area contributed by atoms with Crippen molar-refractivity contribution < 1.29 is 13.2 Å². The summed E-state index contributed by atoms with van der Waals surface area (Å²) in [6, 6.07) is 22.8. The number of aromatic nitrogens is 3. The molecule has 4 heterocycles. The standard InChI is InChI=1S/C39H51N7O3S/c1-42(2)38(47)41-37-13-9-12-36(37)39(29-45-20-7-8-21-45,31-10-5-4-6-11-31)32-18-22-44(23-19-32)25-30-26-46(27-30)33-14-16-34(17-15-33)50(48,49)35-24-40-43(3)28-35/h4-8,10-11,14-17,20-21,24,28,30,32,36-37H,9,12-13,18-19,22-23,25-27,29H2,1-3H3,(H,41,47)/t36-,37-,39?/m0/s1. The molecular formula is C39H51N7O3S. The molecule has 2 aliphatic heterocycles. The molecule has 0 bridgehead atoms. The highest BCUT2D eigenvalue weighted by atomic mass is 32.2. The van der Waals surface area contributed by atoms with Gasteiger partial charge in [0.05, 0.1) is 11.1 Å². The fourth-order valence-corrected chi connectivity index (χ4v) is 10.3. The Morgan fingerprint density at radius 2 is 1.62 bits per heavy atom. The first-order valence-corrected chi connectivity index (χ1v) is 19.6. The number of sulfone groups is 1. The molecule has 2 aromatic carbocycles. The average Bonchev–Trinajstić information content (AvgIpc) is 3.89. The molecule has 266 valence electrons. The van der Waals surface area contributed by atoms with Crippen LogP contribution in [0.5, 0.6) is 0 Å². The molecule has 50 heavy (non-hydrogen) atoms. The Morgan fingerprint density at radius 3 is 2.26 bits per heavy atom. The lowest BCUT2D eigenvalue weighted by molar-refractivity contribution is 0.0562. The van der Waals surface area contributed by atoms with E-state index in [4.69, 9.17) is 0 Å². The number of carbonyl (C=O) groups is 1. The summed E-state index contributed by atoms with van der Waals surface area (Å²) in [5, 5.41) is 7.46. The monoisotopic (exact) mass is 697 g/mol. The van der Waals surface area contributed by atoms with E-state index in [1.165, 1.54) is 22.6 Å². The van der Waals surface area contributed by atoms with Crippen LogP contribution in [0.2, 0.25) is 0 Å². The van der Waals surface area contributed by atoms with Gasteiger partial charge in [0.2, 0.25) is 9.84 Å². The van der Waals surface area contributed by atoms with E-state index in [1.807, 2.05) is 26.2 Å². The molecule has 0 radical (unpaired) electrons. The molecule has 7 rings (SSSR count). The van der Waals surface area contributed by atoms with Gasteiger partial charge < -0.3 is 24.6 Å². The third kappa shape index (κ3) is 6.82. The highest BCUT2D eigenvalue weighted by Gasteiger charge is 2.52. The van der Waals surface area contributed by atoms with Crippen molar-refractivity contribution in [2.45, 2.75) is 59.9 Å². The van der Waals surface area contributed by atoms with E-state index < -0.39 is 9.84 Å². The maximum absolute atomic E-state index is 13.0. The van der Waals surface area contributed by atoms with Gasteiger partial charge in [-0.05, 0) is 92.6 Å². The lowest BCUT2D eigenvalue weighted by atomic mass is 9.58. The van der Waals surface area contributed by atoms with E-state index in [0.717, 1.165) is 77.1 Å². The summed E-state index contributed by atoms with van der Waals surface area (Å²) in [5.41, 5.74) is 2.36. The van der Waals surface area contributed by atoms with Crippen LogP contribution >= 0.6 is 0 Å². The van der Waals surface area contributed by atoms with Crippen molar-refractivity contribution in [1.82, 2.24) is 29.5 Å². The van der Waals surface area contributed by atoms with Gasteiger partial charge in [-0.25, -0.2) is 13.2 Å². The normalized spacial score (nSPS) is 21.9. The lowest BCUT2D eigenvalue weighted by Gasteiger charge is -2.51. The molecule has 1 unspecified atom stereocenters. The highest BCUT2D eigenvalue weighted by molar-refractivity contribution is 7.91. The lowest BCUT2D eigenvalue weighted by Crippen LogP contribution is -2.57. The number of nitrogens with one attached hydrogen (secondary N) is 1. The van der Waals surface area contributed by atoms with Crippen molar-refractivity contribution in [3.05, 3.63) is 97.1 Å². The van der Waals surface area contributed by atoms with Crippen molar-refractivity contribution in [2.75, 3.05) is 51.7 Å². The number of hydrogen-bond acceptors (Lipinski definition) is 6. The predicted octanol–water partition coefficient (Wildman–Crippen LogP) is 5.28. The molecule has 3 aliphatic rings. The first-order chi connectivity index (χ1) is 24.1. The first kappa shape index (κ1) is 34.4. The Morgan fingerprint density at radius 1 is 0.920 bits per heavy atom. The maximum atomic E-state index is 13.0. The van der Waals surface area contributed by atoms with Crippen molar-refractivity contribution in [3.63, 3.8) is 0 Å². The van der Waals surface area contributed by atoms with Gasteiger partial charge >= 0.3 is 6.03 Å². The van der Waals surface area contributed by atoms with E-state index in [-0.39, 0.29) is 22.4 Å². The summed E-state index contributed by atoms with van der Waals surface area (Å²) in [5.74, 6) is 1.42. The third-order valence-corrected chi connectivity index (χ3v) is 13.3. The van der Waals surface area contributed by atoms with Crippen molar-refractivity contribution in [3.8, 4) is 0 Å². The van der Waals surface area contributed by atoms with E-state index in [2.05, 4.69) is 79.6 Å². The average molecular weight is 698 g/mol. The second kappa shape index (κ2) is 14.3. The van der Waals surface area contributed by atoms with Crippen LogP contribution in [-0.4, -0.2) is 91.5 Å². The third-order valence-electron chi connectivity index (χ3n) is 11.6. The Kier molecular flexibility index (Phi) is 9.80. The number of likely N-dealkylation sites (tertiary alicyclic amines) is 1. The van der Waals surface area contributed by atoms with Crippen molar-refractivity contribution in [1.29, 1.82) is 0 Å². The first-order valence-electron chi connectivity index (χ1n) is 18.1. The molecular weight excluding hydrogens is 647 g/mol. The van der Waals surface area contributed by atoms with Crippen LogP contribution in [0.1, 0.15) is 37.7 Å². The van der Waals surface area contributed by atoms with E-state index in [1.54, 1.807) is 24.1 Å². The number of benzene rings is 2. The fourth-order valence-electron chi connectivity index (χ4n) is 9.06. The summed E-state index contributed by atoms with van der Waals surface area (Å²) >= 11 is 0. The number of carbonyl (C=O) groups excluding carboxylic acids is 1. The van der Waals surface area contributed by atoms with E-state index in [9.17, 15) is 13.2 Å². The molecule has 3 atom stereocenters. The number of anilines is 1. The van der Waals surface area contributed by atoms with Gasteiger partial charge in [0, 0.05) is 89.0 Å². The van der Waals surface area contributed by atoms with Crippen LogP contribution in [0.15, 0.2) is 101 Å². The Bertz CT molecular complexity index is 1830. The highest BCUT2D eigenvalue weighted by Crippen LogP contribution is 2.51. The molecule has 2 amide bonds. The van der Waals surface area contributed by atoms with Crippen LogP contribution in [0.4, 0.5) is 10.5 Å². The molecule has 2 aromatic heterocycles. The zero-order chi connectivity index (χ0) is 34.9. The van der Waals surface area contributed by atoms with Crippen LogP contribution in [0.25, 0.3) is 0 Å². The van der Waals surface area contributed by atoms with Gasteiger partial charge in [0.15, 0.2) is 0 Å². The molecule has 11 heteroatoms. The van der Waals surface area contributed by atoms with Gasteiger partial charge in [0.1, 0.15) is 4.90 Å². The summed E-state index contributed by atoms with van der Waals surface area (Å²) in [6.07, 6.45) is 12.8. The second-order valence-electron chi connectivity index (χ2n) is 14.9. The van der Waals surface area contributed by atoms with Gasteiger partial charge in [-0.2, -0.15) is 5.10 Å². The van der Waals surface area contributed by atoms with E-state index >= 15 is 0 Å². The number of amides is 2. The second-order valence-corrected chi connectivity index (χ2v) is 16.9.